The highest BCUT2D eigenvalue weighted by Gasteiger charge is 2.16. The number of rotatable bonds is 5. The molecule has 1 aliphatic heterocycles. The van der Waals surface area contributed by atoms with Crippen molar-refractivity contribution in [3.63, 3.8) is 0 Å². The van der Waals surface area contributed by atoms with Gasteiger partial charge in [0.15, 0.2) is 5.96 Å². The van der Waals surface area contributed by atoms with Crippen LogP contribution in [-0.2, 0) is 4.74 Å². The minimum Gasteiger partial charge on any atom is -0.379 e. The van der Waals surface area contributed by atoms with Crippen LogP contribution in [0.2, 0.25) is 0 Å². The highest BCUT2D eigenvalue weighted by Crippen LogP contribution is 2.26. The summed E-state index contributed by atoms with van der Waals surface area (Å²) in [7, 11) is 0. The Balaban J connectivity index is 0.00000162. The summed E-state index contributed by atoms with van der Waals surface area (Å²) in [6, 6.07) is 0. The maximum absolute atomic E-state index is 5.81. The summed E-state index contributed by atoms with van der Waals surface area (Å²) >= 11 is 0. The molecule has 0 unspecified atom stereocenters. The Morgan fingerprint density at radius 1 is 1.33 bits per heavy atom. The number of morpholine rings is 1. The molecule has 1 aliphatic carbocycles. The number of nitrogens with two attached hydrogens (primary N) is 1. The Kier molecular flexibility index (Phi) is 7.92. The fourth-order valence-corrected chi connectivity index (χ4v) is 2.13. The van der Waals surface area contributed by atoms with Crippen molar-refractivity contribution in [2.24, 2.45) is 16.6 Å². The summed E-state index contributed by atoms with van der Waals surface area (Å²) in [5.41, 5.74) is 5.81. The van der Waals surface area contributed by atoms with Gasteiger partial charge in [-0.1, -0.05) is 6.42 Å². The van der Waals surface area contributed by atoms with E-state index in [-0.39, 0.29) is 24.0 Å². The quantitative estimate of drug-likeness (QED) is 0.425. The first-order valence-electron chi connectivity index (χ1n) is 6.68. The predicted molar refractivity (Wildman–Crippen MR) is 84.5 cm³/mol. The predicted octanol–water partition coefficient (Wildman–Crippen LogP) is 0.641. The van der Waals surface area contributed by atoms with E-state index >= 15 is 0 Å². The van der Waals surface area contributed by atoms with Crippen molar-refractivity contribution in [2.45, 2.75) is 19.3 Å². The molecular formula is C12H25IN4O. The average molecular weight is 368 g/mol. The third-order valence-corrected chi connectivity index (χ3v) is 3.58. The fourth-order valence-electron chi connectivity index (χ4n) is 2.13. The molecule has 1 saturated carbocycles. The number of guanidine groups is 1. The monoisotopic (exact) mass is 368 g/mol. The third kappa shape index (κ3) is 5.71. The molecule has 106 valence electrons. The molecule has 0 aromatic rings. The maximum atomic E-state index is 5.81. The lowest BCUT2D eigenvalue weighted by molar-refractivity contribution is 0.0389. The van der Waals surface area contributed by atoms with Gasteiger partial charge in [-0.15, -0.1) is 24.0 Å². The van der Waals surface area contributed by atoms with E-state index in [1.807, 2.05) is 0 Å². The fraction of sp³-hybridized carbons (Fsp3) is 0.917. The maximum Gasteiger partial charge on any atom is 0.188 e. The molecule has 6 heteroatoms. The molecule has 1 heterocycles. The number of halogens is 1. The van der Waals surface area contributed by atoms with Crippen molar-refractivity contribution >= 4 is 29.9 Å². The first-order valence-corrected chi connectivity index (χ1v) is 6.68. The summed E-state index contributed by atoms with van der Waals surface area (Å²) < 4.78 is 5.30. The Morgan fingerprint density at radius 3 is 2.67 bits per heavy atom. The molecule has 0 spiro atoms. The number of nitrogens with zero attached hydrogens (tertiary/aromatic N) is 2. The van der Waals surface area contributed by atoms with E-state index in [1.54, 1.807) is 0 Å². The molecule has 18 heavy (non-hydrogen) atoms. The Labute approximate surface area is 127 Å². The highest BCUT2D eigenvalue weighted by molar-refractivity contribution is 14.0. The standard InChI is InChI=1S/C12H24N4O.HI/c13-12(15-10-11-2-1-3-11)14-4-5-16-6-8-17-9-7-16;/h11H,1-10H2,(H3,13,14,15);1H. The highest BCUT2D eigenvalue weighted by atomic mass is 127. The van der Waals surface area contributed by atoms with Gasteiger partial charge < -0.3 is 15.8 Å². The van der Waals surface area contributed by atoms with Crippen molar-refractivity contribution in [3.05, 3.63) is 0 Å². The molecule has 0 bridgehead atoms. The molecule has 0 aromatic carbocycles. The van der Waals surface area contributed by atoms with Gasteiger partial charge in [-0.2, -0.15) is 0 Å². The van der Waals surface area contributed by atoms with E-state index in [9.17, 15) is 0 Å². The van der Waals surface area contributed by atoms with Crippen LogP contribution in [0.15, 0.2) is 4.99 Å². The summed E-state index contributed by atoms with van der Waals surface area (Å²) in [5, 5.41) is 3.18. The lowest BCUT2D eigenvalue weighted by atomic mass is 9.86. The Hall–Kier alpha value is -0.0800. The molecule has 3 N–H and O–H groups in total. The molecule has 0 aromatic heterocycles. The first kappa shape index (κ1) is 16.0. The zero-order valence-corrected chi connectivity index (χ0v) is 13.3. The second-order valence-electron chi connectivity index (χ2n) is 4.90. The van der Waals surface area contributed by atoms with Crippen LogP contribution in [0, 0.1) is 5.92 Å². The second-order valence-corrected chi connectivity index (χ2v) is 4.90. The number of aliphatic imine (C=N–C) groups is 1. The van der Waals surface area contributed by atoms with Gasteiger partial charge in [0, 0.05) is 32.7 Å². The van der Waals surface area contributed by atoms with Gasteiger partial charge in [-0.25, -0.2) is 0 Å². The van der Waals surface area contributed by atoms with E-state index in [0.29, 0.717) is 5.96 Å². The second kappa shape index (κ2) is 8.92. The number of hydrogen-bond acceptors (Lipinski definition) is 3. The van der Waals surface area contributed by atoms with Gasteiger partial charge in [0.1, 0.15) is 0 Å². The average Bonchev–Trinajstić information content (AvgIpc) is 2.28. The molecule has 0 amide bonds. The number of hydrogen-bond donors (Lipinski definition) is 2. The molecule has 1 saturated heterocycles. The van der Waals surface area contributed by atoms with E-state index in [0.717, 1.165) is 51.9 Å². The van der Waals surface area contributed by atoms with Gasteiger partial charge >= 0.3 is 0 Å². The van der Waals surface area contributed by atoms with Gasteiger partial charge in [0.2, 0.25) is 0 Å². The van der Waals surface area contributed by atoms with Crippen LogP contribution in [0.5, 0.6) is 0 Å². The van der Waals surface area contributed by atoms with Crippen LogP contribution in [0.4, 0.5) is 0 Å². The lowest BCUT2D eigenvalue weighted by Gasteiger charge is -2.26. The number of nitrogens with one attached hydrogen (secondary N) is 1. The summed E-state index contributed by atoms with van der Waals surface area (Å²) in [5.74, 6) is 1.39. The first-order chi connectivity index (χ1) is 8.34. The third-order valence-electron chi connectivity index (χ3n) is 3.58. The normalized spacial score (nSPS) is 22.1. The van der Waals surface area contributed by atoms with Crippen LogP contribution >= 0.6 is 24.0 Å². The number of ether oxygens (including phenoxy) is 1. The molecular weight excluding hydrogens is 343 g/mol. The zero-order chi connectivity index (χ0) is 11.9. The Morgan fingerprint density at radius 2 is 2.06 bits per heavy atom. The minimum absolute atomic E-state index is 0. The van der Waals surface area contributed by atoms with Crippen LogP contribution in [0.3, 0.4) is 0 Å². The topological polar surface area (TPSA) is 62.9 Å². The summed E-state index contributed by atoms with van der Waals surface area (Å²) in [6.45, 7) is 6.55. The van der Waals surface area contributed by atoms with Gasteiger partial charge in [-0.05, 0) is 18.8 Å². The smallest absolute Gasteiger partial charge is 0.188 e. The molecule has 2 fully saturated rings. The van der Waals surface area contributed by atoms with E-state index in [1.165, 1.54) is 19.3 Å². The van der Waals surface area contributed by atoms with Crippen molar-refractivity contribution in [1.29, 1.82) is 0 Å². The SMILES string of the molecule is I.NC(=NCC1CCC1)NCCN1CCOCC1. The van der Waals surface area contributed by atoms with E-state index in [2.05, 4.69) is 15.2 Å². The van der Waals surface area contributed by atoms with Gasteiger partial charge in [0.05, 0.1) is 13.2 Å². The van der Waals surface area contributed by atoms with Crippen LogP contribution in [0.1, 0.15) is 19.3 Å². The van der Waals surface area contributed by atoms with Crippen molar-refractivity contribution in [3.8, 4) is 0 Å². The van der Waals surface area contributed by atoms with Crippen LogP contribution < -0.4 is 11.1 Å². The Bertz CT molecular complexity index is 252. The largest absolute Gasteiger partial charge is 0.379 e. The molecule has 2 rings (SSSR count). The van der Waals surface area contributed by atoms with Gasteiger partial charge in [-0.3, -0.25) is 9.89 Å². The molecule has 0 radical (unpaired) electrons. The van der Waals surface area contributed by atoms with Crippen LogP contribution in [0.25, 0.3) is 0 Å². The van der Waals surface area contributed by atoms with E-state index in [4.69, 9.17) is 10.5 Å². The van der Waals surface area contributed by atoms with Crippen LogP contribution in [-0.4, -0.2) is 56.8 Å². The minimum atomic E-state index is 0. The van der Waals surface area contributed by atoms with Crippen molar-refractivity contribution < 1.29 is 4.74 Å². The van der Waals surface area contributed by atoms with Crippen molar-refractivity contribution in [1.82, 2.24) is 10.2 Å². The van der Waals surface area contributed by atoms with E-state index < -0.39 is 0 Å². The summed E-state index contributed by atoms with van der Waals surface area (Å²) in [4.78, 5) is 6.75. The zero-order valence-electron chi connectivity index (χ0n) is 10.9. The molecule has 5 nitrogen and oxygen atoms in total. The summed E-state index contributed by atoms with van der Waals surface area (Å²) in [6.07, 6.45) is 4.01. The lowest BCUT2D eigenvalue weighted by Crippen LogP contribution is -2.43. The van der Waals surface area contributed by atoms with Crippen molar-refractivity contribution in [2.75, 3.05) is 45.9 Å². The molecule has 2 aliphatic rings. The van der Waals surface area contributed by atoms with Gasteiger partial charge in [0.25, 0.3) is 0 Å². The molecule has 0 atom stereocenters.